The summed E-state index contributed by atoms with van der Waals surface area (Å²) in [5, 5.41) is 5.51. The van der Waals surface area contributed by atoms with Gasteiger partial charge in [-0.1, -0.05) is 0 Å². The van der Waals surface area contributed by atoms with Crippen LogP contribution in [-0.4, -0.2) is 55.2 Å². The number of carbonyl (C=O) groups is 2. The van der Waals surface area contributed by atoms with Gasteiger partial charge < -0.3 is 26.0 Å². The van der Waals surface area contributed by atoms with Crippen molar-refractivity contribution in [1.29, 1.82) is 0 Å². The van der Waals surface area contributed by atoms with E-state index in [4.69, 9.17) is 10.5 Å². The second-order valence-corrected chi connectivity index (χ2v) is 6.84. The zero-order valence-corrected chi connectivity index (χ0v) is 16.9. The van der Waals surface area contributed by atoms with E-state index >= 15 is 0 Å². The molecule has 0 unspecified atom stereocenters. The highest BCUT2D eigenvalue weighted by atomic mass is 35.5. The van der Waals surface area contributed by atoms with Crippen molar-refractivity contribution in [3.8, 4) is 0 Å². The number of benzene rings is 1. The highest BCUT2D eigenvalue weighted by molar-refractivity contribution is 5.95. The number of nitrogens with one attached hydrogen (secondary N) is 2. The van der Waals surface area contributed by atoms with Gasteiger partial charge in [-0.15, -0.1) is 12.4 Å². The van der Waals surface area contributed by atoms with Gasteiger partial charge in [0.15, 0.2) is 0 Å². The predicted octanol–water partition coefficient (Wildman–Crippen LogP) is 2.61. The van der Waals surface area contributed by atoms with Crippen LogP contribution in [0.4, 0.5) is 10.5 Å². The first-order valence-corrected chi connectivity index (χ1v) is 9.28. The average molecular weight is 399 g/mol. The summed E-state index contributed by atoms with van der Waals surface area (Å²) < 4.78 is 5.77. The van der Waals surface area contributed by atoms with Gasteiger partial charge in [0.05, 0.1) is 6.10 Å². The molecule has 8 heteroatoms. The highest BCUT2D eigenvalue weighted by Gasteiger charge is 2.23. The zero-order valence-electron chi connectivity index (χ0n) is 16.1. The SMILES string of the molecule is CC(C)NC(=O)Nc1ccc(C(=O)N2CCC(OCCCN)CC2)cc1.Cl. The lowest BCUT2D eigenvalue weighted by molar-refractivity contribution is 0.00844. The molecule has 152 valence electrons. The minimum absolute atomic E-state index is 0. The number of amides is 3. The lowest BCUT2D eigenvalue weighted by Crippen LogP contribution is -2.41. The molecule has 27 heavy (non-hydrogen) atoms. The van der Waals surface area contributed by atoms with E-state index in [9.17, 15) is 9.59 Å². The van der Waals surface area contributed by atoms with Crippen LogP contribution in [0.5, 0.6) is 0 Å². The number of halogens is 1. The van der Waals surface area contributed by atoms with Crippen molar-refractivity contribution in [2.75, 3.05) is 31.6 Å². The number of nitrogens with two attached hydrogens (primary N) is 1. The molecule has 0 bridgehead atoms. The monoisotopic (exact) mass is 398 g/mol. The number of piperidine rings is 1. The molecule has 1 aromatic carbocycles. The Hall–Kier alpha value is -1.83. The number of rotatable bonds is 7. The fraction of sp³-hybridized carbons (Fsp3) is 0.579. The Bertz CT molecular complexity index is 587. The molecule has 1 saturated heterocycles. The standard InChI is InChI=1S/C19H30N4O3.ClH/c1-14(2)21-19(25)22-16-6-4-15(5-7-16)18(24)23-11-8-17(9-12-23)26-13-3-10-20;/h4-7,14,17H,3,8-13,20H2,1-2H3,(H2,21,22,25);1H. The van der Waals surface area contributed by atoms with Crippen molar-refractivity contribution in [1.82, 2.24) is 10.2 Å². The Morgan fingerprint density at radius 1 is 1.22 bits per heavy atom. The van der Waals surface area contributed by atoms with E-state index in [1.165, 1.54) is 0 Å². The van der Waals surface area contributed by atoms with Crippen molar-refractivity contribution in [2.45, 2.75) is 45.3 Å². The summed E-state index contributed by atoms with van der Waals surface area (Å²) in [5.74, 6) is 0.0172. The van der Waals surface area contributed by atoms with Gasteiger partial charge in [0.25, 0.3) is 5.91 Å². The molecule has 0 aromatic heterocycles. The Morgan fingerprint density at radius 3 is 2.41 bits per heavy atom. The van der Waals surface area contributed by atoms with Crippen LogP contribution < -0.4 is 16.4 Å². The molecule has 1 aliphatic heterocycles. The second kappa shape index (κ2) is 11.8. The zero-order chi connectivity index (χ0) is 18.9. The van der Waals surface area contributed by atoms with Crippen molar-refractivity contribution in [3.63, 3.8) is 0 Å². The average Bonchev–Trinajstić information content (AvgIpc) is 2.62. The fourth-order valence-electron chi connectivity index (χ4n) is 2.87. The number of ether oxygens (including phenoxy) is 1. The predicted molar refractivity (Wildman–Crippen MR) is 110 cm³/mol. The topological polar surface area (TPSA) is 96.7 Å². The van der Waals surface area contributed by atoms with Crippen molar-refractivity contribution < 1.29 is 14.3 Å². The van der Waals surface area contributed by atoms with Crippen molar-refractivity contribution in [3.05, 3.63) is 29.8 Å². The molecule has 0 radical (unpaired) electrons. The molecule has 1 heterocycles. The molecule has 1 aromatic rings. The quantitative estimate of drug-likeness (QED) is 0.615. The Labute approximate surface area is 167 Å². The molecule has 0 spiro atoms. The maximum absolute atomic E-state index is 12.6. The van der Waals surface area contributed by atoms with Gasteiger partial charge in [-0.25, -0.2) is 4.79 Å². The van der Waals surface area contributed by atoms with E-state index in [-0.39, 0.29) is 36.5 Å². The normalized spacial score (nSPS) is 14.6. The Morgan fingerprint density at radius 2 is 1.85 bits per heavy atom. The molecule has 0 saturated carbocycles. The first kappa shape index (κ1) is 23.2. The smallest absolute Gasteiger partial charge is 0.319 e. The highest BCUT2D eigenvalue weighted by Crippen LogP contribution is 2.18. The van der Waals surface area contributed by atoms with Gasteiger partial charge in [0.1, 0.15) is 0 Å². The molecule has 0 atom stereocenters. The largest absolute Gasteiger partial charge is 0.378 e. The Balaban J connectivity index is 0.00000364. The third kappa shape index (κ3) is 7.74. The maximum atomic E-state index is 12.6. The van der Waals surface area contributed by atoms with Gasteiger partial charge in [0, 0.05) is 37.0 Å². The summed E-state index contributed by atoms with van der Waals surface area (Å²) in [7, 11) is 0. The molecule has 1 fully saturated rings. The van der Waals surface area contributed by atoms with Crippen LogP contribution in [-0.2, 0) is 4.74 Å². The summed E-state index contributed by atoms with van der Waals surface area (Å²) in [6.45, 7) is 6.52. The number of nitrogens with zero attached hydrogens (tertiary/aromatic N) is 1. The van der Waals surface area contributed by atoms with Gasteiger partial charge in [-0.2, -0.15) is 0 Å². The first-order chi connectivity index (χ1) is 12.5. The fourth-order valence-corrected chi connectivity index (χ4v) is 2.87. The van der Waals surface area contributed by atoms with Gasteiger partial charge >= 0.3 is 6.03 Å². The van der Waals surface area contributed by atoms with E-state index in [0.29, 0.717) is 37.5 Å². The second-order valence-electron chi connectivity index (χ2n) is 6.84. The molecule has 7 nitrogen and oxygen atoms in total. The van der Waals surface area contributed by atoms with E-state index < -0.39 is 0 Å². The molecule has 0 aliphatic carbocycles. The summed E-state index contributed by atoms with van der Waals surface area (Å²) in [6, 6.07) is 6.80. The number of urea groups is 1. The van der Waals surface area contributed by atoms with Gasteiger partial charge in [0.2, 0.25) is 0 Å². The van der Waals surface area contributed by atoms with E-state index in [2.05, 4.69) is 10.6 Å². The van der Waals surface area contributed by atoms with Gasteiger partial charge in [-0.05, 0) is 63.9 Å². The van der Waals surface area contributed by atoms with E-state index in [1.54, 1.807) is 24.3 Å². The minimum Gasteiger partial charge on any atom is -0.378 e. The lowest BCUT2D eigenvalue weighted by Gasteiger charge is -2.32. The van der Waals surface area contributed by atoms with Crippen LogP contribution in [0.2, 0.25) is 0 Å². The number of hydrogen-bond acceptors (Lipinski definition) is 4. The van der Waals surface area contributed by atoms with Crippen molar-refractivity contribution in [2.24, 2.45) is 5.73 Å². The van der Waals surface area contributed by atoms with Crippen molar-refractivity contribution >= 4 is 30.0 Å². The molecular formula is C19H31ClN4O3. The maximum Gasteiger partial charge on any atom is 0.319 e. The number of hydrogen-bond donors (Lipinski definition) is 3. The third-order valence-corrected chi connectivity index (χ3v) is 4.24. The van der Waals surface area contributed by atoms with Crippen LogP contribution in [0.15, 0.2) is 24.3 Å². The van der Waals surface area contributed by atoms with Crippen LogP contribution in [0, 0.1) is 0 Å². The Kier molecular flexibility index (Phi) is 10.1. The number of likely N-dealkylation sites (tertiary alicyclic amines) is 1. The van der Waals surface area contributed by atoms with E-state index in [0.717, 1.165) is 19.3 Å². The third-order valence-electron chi connectivity index (χ3n) is 4.24. The summed E-state index contributed by atoms with van der Waals surface area (Å²) >= 11 is 0. The van der Waals surface area contributed by atoms with Crippen LogP contribution in [0.25, 0.3) is 0 Å². The lowest BCUT2D eigenvalue weighted by atomic mass is 10.1. The summed E-state index contributed by atoms with van der Waals surface area (Å²) in [5.41, 5.74) is 6.76. The summed E-state index contributed by atoms with van der Waals surface area (Å²) in [6.07, 6.45) is 2.79. The summed E-state index contributed by atoms with van der Waals surface area (Å²) in [4.78, 5) is 26.2. The molecular weight excluding hydrogens is 368 g/mol. The minimum atomic E-state index is -0.254. The first-order valence-electron chi connectivity index (χ1n) is 9.28. The molecule has 1 aliphatic rings. The molecule has 2 rings (SSSR count). The number of carbonyl (C=O) groups excluding carboxylic acids is 2. The van der Waals surface area contributed by atoms with Crippen LogP contribution in [0.3, 0.4) is 0 Å². The number of anilines is 1. The molecule has 4 N–H and O–H groups in total. The van der Waals surface area contributed by atoms with Crippen LogP contribution >= 0.6 is 12.4 Å². The van der Waals surface area contributed by atoms with E-state index in [1.807, 2.05) is 18.7 Å². The molecule has 3 amide bonds. The van der Waals surface area contributed by atoms with Gasteiger partial charge in [-0.3, -0.25) is 4.79 Å². The van der Waals surface area contributed by atoms with Crippen LogP contribution in [0.1, 0.15) is 43.5 Å².